The van der Waals surface area contributed by atoms with E-state index < -0.39 is 10.0 Å². The Balaban J connectivity index is 1.44. The Hall–Kier alpha value is -1.41. The number of nitrogens with one attached hydrogen (secondary N) is 1. The Morgan fingerprint density at radius 2 is 1.86 bits per heavy atom. The molecule has 4 nitrogen and oxygen atoms in total. The Morgan fingerprint density at radius 3 is 2.64 bits per heavy atom. The molecule has 3 aromatic rings. The first-order valence-corrected chi connectivity index (χ1v) is 13.0. The van der Waals surface area contributed by atoms with Crippen LogP contribution in [0.2, 0.25) is 0 Å². The fourth-order valence-corrected chi connectivity index (χ4v) is 6.95. The van der Waals surface area contributed by atoms with Gasteiger partial charge in [0, 0.05) is 12.3 Å². The highest BCUT2D eigenvalue weighted by Crippen LogP contribution is 2.34. The van der Waals surface area contributed by atoms with E-state index in [-0.39, 0.29) is 6.54 Å². The van der Waals surface area contributed by atoms with Gasteiger partial charge in [-0.1, -0.05) is 61.4 Å². The number of fused-ring (bicyclic) bond motifs is 1. The number of thiazole rings is 1. The van der Waals surface area contributed by atoms with Gasteiger partial charge in [-0.3, -0.25) is 0 Å². The van der Waals surface area contributed by atoms with Gasteiger partial charge in [0.05, 0.1) is 15.1 Å². The third-order valence-electron chi connectivity index (χ3n) is 5.13. The first kappa shape index (κ1) is 19.9. The average Bonchev–Trinajstić information content (AvgIpc) is 3.15. The Bertz CT molecular complexity index is 1030. The van der Waals surface area contributed by atoms with Crippen molar-refractivity contribution in [3.8, 4) is 0 Å². The summed E-state index contributed by atoms with van der Waals surface area (Å²) in [6, 6.07) is 14.7. The number of nitrogens with zero attached hydrogens (tertiary/aromatic N) is 1. The summed E-state index contributed by atoms with van der Waals surface area (Å²) in [6.45, 7) is 0.284. The van der Waals surface area contributed by atoms with E-state index in [1.165, 1.54) is 32.1 Å². The van der Waals surface area contributed by atoms with Crippen LogP contribution < -0.4 is 4.72 Å². The fourth-order valence-electron chi connectivity index (χ4n) is 3.51. The fraction of sp³-hybridized carbons (Fsp3) is 0.381. The van der Waals surface area contributed by atoms with Crippen LogP contribution >= 0.6 is 23.1 Å². The molecule has 28 heavy (non-hydrogen) atoms. The number of thioether (sulfide) groups is 1. The third-order valence-corrected chi connectivity index (χ3v) is 8.92. The zero-order valence-corrected chi connectivity index (χ0v) is 18.1. The van der Waals surface area contributed by atoms with Crippen LogP contribution in [0.1, 0.15) is 37.7 Å². The van der Waals surface area contributed by atoms with Crippen LogP contribution in [0.25, 0.3) is 10.2 Å². The van der Waals surface area contributed by atoms with Crippen molar-refractivity contribution in [2.24, 2.45) is 5.92 Å². The van der Waals surface area contributed by atoms with Crippen LogP contribution in [0, 0.1) is 5.92 Å². The van der Waals surface area contributed by atoms with Crippen molar-refractivity contribution in [2.45, 2.75) is 47.9 Å². The van der Waals surface area contributed by atoms with Crippen molar-refractivity contribution in [2.75, 3.05) is 5.75 Å². The monoisotopic (exact) mass is 432 g/mol. The van der Waals surface area contributed by atoms with Gasteiger partial charge < -0.3 is 0 Å². The van der Waals surface area contributed by atoms with Gasteiger partial charge in [0.25, 0.3) is 0 Å². The van der Waals surface area contributed by atoms with Gasteiger partial charge >= 0.3 is 0 Å². The van der Waals surface area contributed by atoms with E-state index in [9.17, 15) is 8.42 Å². The molecule has 0 bridgehead atoms. The quantitative estimate of drug-likeness (QED) is 0.505. The maximum atomic E-state index is 12.7. The van der Waals surface area contributed by atoms with Gasteiger partial charge in [0.1, 0.15) is 0 Å². The summed E-state index contributed by atoms with van der Waals surface area (Å²) in [6.07, 6.45) is 6.73. The van der Waals surface area contributed by atoms with Crippen molar-refractivity contribution in [3.63, 3.8) is 0 Å². The predicted molar refractivity (Wildman–Crippen MR) is 117 cm³/mol. The Labute approximate surface area is 174 Å². The van der Waals surface area contributed by atoms with E-state index in [1.807, 2.05) is 48.2 Å². The summed E-state index contributed by atoms with van der Waals surface area (Å²) in [5.74, 6) is 1.91. The van der Waals surface area contributed by atoms with E-state index in [4.69, 9.17) is 0 Å². The summed E-state index contributed by atoms with van der Waals surface area (Å²) < 4.78 is 30.0. The lowest BCUT2D eigenvalue weighted by atomic mass is 9.91. The SMILES string of the molecule is O=S(=O)(NCc1ccccc1)c1ccc2nc(SCC3CCCCC3)sc2c1. The molecule has 0 amide bonds. The molecule has 1 N–H and O–H groups in total. The van der Waals surface area contributed by atoms with Crippen LogP contribution in [-0.2, 0) is 16.6 Å². The van der Waals surface area contributed by atoms with Crippen LogP contribution in [0.4, 0.5) is 0 Å². The highest BCUT2D eigenvalue weighted by molar-refractivity contribution is 8.01. The van der Waals surface area contributed by atoms with Crippen LogP contribution in [-0.4, -0.2) is 19.2 Å². The first-order chi connectivity index (χ1) is 13.6. The molecule has 2 aromatic carbocycles. The van der Waals surface area contributed by atoms with Gasteiger partial charge in [0.2, 0.25) is 10.0 Å². The highest BCUT2D eigenvalue weighted by atomic mass is 32.2. The normalized spacial score (nSPS) is 15.9. The van der Waals surface area contributed by atoms with Crippen molar-refractivity contribution in [1.82, 2.24) is 9.71 Å². The van der Waals surface area contributed by atoms with Crippen molar-refractivity contribution in [3.05, 3.63) is 54.1 Å². The molecular formula is C21H24N2O2S3. The highest BCUT2D eigenvalue weighted by Gasteiger charge is 2.17. The largest absolute Gasteiger partial charge is 0.240 e. The molecule has 0 unspecified atom stereocenters. The van der Waals surface area contributed by atoms with Gasteiger partial charge in [-0.15, -0.1) is 11.3 Å². The van der Waals surface area contributed by atoms with Gasteiger partial charge in [0.15, 0.2) is 4.34 Å². The topological polar surface area (TPSA) is 59.1 Å². The maximum Gasteiger partial charge on any atom is 0.240 e. The lowest BCUT2D eigenvalue weighted by Gasteiger charge is -2.20. The number of rotatable bonds is 7. The molecule has 1 heterocycles. The third kappa shape index (κ3) is 4.95. The van der Waals surface area contributed by atoms with Crippen LogP contribution in [0.3, 0.4) is 0 Å². The van der Waals surface area contributed by atoms with Gasteiger partial charge in [-0.25, -0.2) is 18.1 Å². The molecule has 0 saturated heterocycles. The molecule has 1 aliphatic carbocycles. The molecule has 0 spiro atoms. The lowest BCUT2D eigenvalue weighted by Crippen LogP contribution is -2.23. The van der Waals surface area contributed by atoms with Crippen molar-refractivity contribution >= 4 is 43.3 Å². The van der Waals surface area contributed by atoms with E-state index in [0.29, 0.717) is 4.90 Å². The summed E-state index contributed by atoms with van der Waals surface area (Å²) in [5.41, 5.74) is 1.81. The Morgan fingerprint density at radius 1 is 1.07 bits per heavy atom. The number of hydrogen-bond acceptors (Lipinski definition) is 5. The molecule has 4 rings (SSSR count). The van der Waals surface area contributed by atoms with Crippen LogP contribution in [0.5, 0.6) is 0 Å². The molecule has 148 valence electrons. The van der Waals surface area contributed by atoms with Gasteiger partial charge in [-0.05, 0) is 42.5 Å². The molecule has 1 aliphatic rings. The molecule has 0 radical (unpaired) electrons. The number of sulfonamides is 1. The molecular weight excluding hydrogens is 408 g/mol. The molecule has 0 atom stereocenters. The second-order valence-electron chi connectivity index (χ2n) is 7.23. The van der Waals surface area contributed by atoms with Crippen molar-refractivity contribution in [1.29, 1.82) is 0 Å². The van der Waals surface area contributed by atoms with E-state index in [0.717, 1.165) is 31.8 Å². The zero-order valence-electron chi connectivity index (χ0n) is 15.6. The summed E-state index contributed by atoms with van der Waals surface area (Å²) in [4.78, 5) is 4.97. The number of hydrogen-bond donors (Lipinski definition) is 1. The second-order valence-corrected chi connectivity index (χ2v) is 11.3. The second kappa shape index (κ2) is 8.95. The molecule has 1 saturated carbocycles. The minimum absolute atomic E-state index is 0.284. The number of aromatic nitrogens is 1. The first-order valence-electron chi connectivity index (χ1n) is 9.67. The average molecular weight is 433 g/mol. The Kier molecular flexibility index (Phi) is 6.35. The predicted octanol–water partition coefficient (Wildman–Crippen LogP) is 5.45. The van der Waals surface area contributed by atoms with Gasteiger partial charge in [-0.2, -0.15) is 0 Å². The standard InChI is InChI=1S/C21H24N2O2S3/c24-28(25,22-14-16-7-3-1-4-8-16)18-11-12-19-20(13-18)27-21(23-19)26-15-17-9-5-2-6-10-17/h1,3-4,7-8,11-13,17,22H,2,5-6,9-10,14-15H2. The summed E-state index contributed by atoms with van der Waals surface area (Å²) >= 11 is 3.41. The minimum atomic E-state index is -3.55. The number of benzene rings is 2. The molecule has 1 fully saturated rings. The zero-order chi connectivity index (χ0) is 19.4. The maximum absolute atomic E-state index is 12.7. The van der Waals surface area contributed by atoms with Crippen molar-refractivity contribution < 1.29 is 8.42 Å². The lowest BCUT2D eigenvalue weighted by molar-refractivity contribution is 0.391. The summed E-state index contributed by atoms with van der Waals surface area (Å²) in [5, 5.41) is 0. The molecule has 0 aliphatic heterocycles. The van der Waals surface area contributed by atoms with Crippen LogP contribution in [0.15, 0.2) is 57.8 Å². The summed E-state index contributed by atoms with van der Waals surface area (Å²) in [7, 11) is -3.55. The molecule has 1 aromatic heterocycles. The van der Waals surface area contributed by atoms with E-state index in [1.54, 1.807) is 23.5 Å². The minimum Gasteiger partial charge on any atom is -0.230 e. The smallest absolute Gasteiger partial charge is 0.230 e. The molecule has 7 heteroatoms. The van der Waals surface area contributed by atoms with E-state index >= 15 is 0 Å². The van der Waals surface area contributed by atoms with E-state index in [2.05, 4.69) is 9.71 Å².